The lowest BCUT2D eigenvalue weighted by Gasteiger charge is -2.20. The lowest BCUT2D eigenvalue weighted by Crippen LogP contribution is -2.35. The molecule has 0 aliphatic rings. The van der Waals surface area contributed by atoms with Gasteiger partial charge in [-0.15, -0.1) is 0 Å². The van der Waals surface area contributed by atoms with Crippen LogP contribution in [0.3, 0.4) is 0 Å². The molecule has 0 fully saturated rings. The maximum Gasteiger partial charge on any atom is 0.331 e. The predicted octanol–water partition coefficient (Wildman–Crippen LogP) is 2.65. The quantitative estimate of drug-likeness (QED) is 0.629. The maximum absolute atomic E-state index is 12.0. The zero-order valence-electron chi connectivity index (χ0n) is 12.5. The monoisotopic (exact) mass is 299 g/mol. The molecule has 1 amide bonds. The van der Waals surface area contributed by atoms with E-state index in [0.717, 1.165) is 0 Å². The van der Waals surface area contributed by atoms with Crippen LogP contribution in [0.2, 0.25) is 0 Å². The standard InChI is InChI=1S/C17H17NO4/c1-13(19)18(14-6-4-3-5-7-14)12-17(20)22-16-10-8-15(21-2)9-11-16/h3-11H,12H2,1-2H3. The van der Waals surface area contributed by atoms with E-state index in [9.17, 15) is 9.59 Å². The highest BCUT2D eigenvalue weighted by atomic mass is 16.5. The maximum atomic E-state index is 12.0. The molecule has 2 rings (SSSR count). The second-order valence-electron chi connectivity index (χ2n) is 4.59. The van der Waals surface area contributed by atoms with Gasteiger partial charge >= 0.3 is 5.97 Å². The van der Waals surface area contributed by atoms with Crippen LogP contribution in [0.15, 0.2) is 54.6 Å². The first-order valence-corrected chi connectivity index (χ1v) is 6.78. The van der Waals surface area contributed by atoms with E-state index in [4.69, 9.17) is 9.47 Å². The minimum Gasteiger partial charge on any atom is -0.497 e. The minimum atomic E-state index is -0.510. The van der Waals surface area contributed by atoms with Gasteiger partial charge in [0.2, 0.25) is 5.91 Å². The summed E-state index contributed by atoms with van der Waals surface area (Å²) in [6.45, 7) is 1.26. The number of carbonyl (C=O) groups is 2. The molecule has 0 N–H and O–H groups in total. The summed E-state index contributed by atoms with van der Waals surface area (Å²) in [6.07, 6.45) is 0. The molecule has 0 saturated heterocycles. The van der Waals surface area contributed by atoms with Crippen LogP contribution < -0.4 is 14.4 Å². The van der Waals surface area contributed by atoms with Gasteiger partial charge in [0.05, 0.1) is 7.11 Å². The highest BCUT2D eigenvalue weighted by molar-refractivity contribution is 5.96. The molecular formula is C17H17NO4. The van der Waals surface area contributed by atoms with Crippen LogP contribution in [-0.4, -0.2) is 25.5 Å². The third-order valence-corrected chi connectivity index (χ3v) is 3.03. The Bertz CT molecular complexity index is 637. The molecule has 0 bridgehead atoms. The van der Waals surface area contributed by atoms with Gasteiger partial charge in [-0.3, -0.25) is 4.79 Å². The normalized spacial score (nSPS) is 9.91. The Hall–Kier alpha value is -2.82. The van der Waals surface area contributed by atoms with E-state index in [1.54, 1.807) is 55.6 Å². The molecule has 0 heterocycles. The zero-order chi connectivity index (χ0) is 15.9. The Morgan fingerprint density at radius 1 is 0.955 bits per heavy atom. The van der Waals surface area contributed by atoms with Crippen molar-refractivity contribution in [2.75, 3.05) is 18.6 Å². The van der Waals surface area contributed by atoms with Crippen molar-refractivity contribution < 1.29 is 19.1 Å². The van der Waals surface area contributed by atoms with Crippen LogP contribution >= 0.6 is 0 Å². The van der Waals surface area contributed by atoms with E-state index in [0.29, 0.717) is 17.2 Å². The number of nitrogens with zero attached hydrogens (tertiary/aromatic N) is 1. The topological polar surface area (TPSA) is 55.8 Å². The number of esters is 1. The number of anilines is 1. The first kappa shape index (κ1) is 15.6. The molecule has 0 aliphatic heterocycles. The molecule has 114 valence electrons. The van der Waals surface area contributed by atoms with E-state index in [-0.39, 0.29) is 12.5 Å². The summed E-state index contributed by atoms with van der Waals surface area (Å²) in [5.74, 6) is 0.346. The largest absolute Gasteiger partial charge is 0.497 e. The average Bonchev–Trinajstić information content (AvgIpc) is 2.54. The fraction of sp³-hybridized carbons (Fsp3) is 0.176. The van der Waals surface area contributed by atoms with Gasteiger partial charge in [0.25, 0.3) is 0 Å². The SMILES string of the molecule is COc1ccc(OC(=O)CN(C(C)=O)c2ccccc2)cc1. The van der Waals surface area contributed by atoms with E-state index in [1.165, 1.54) is 11.8 Å². The van der Waals surface area contributed by atoms with Gasteiger partial charge in [0.1, 0.15) is 18.0 Å². The number of amides is 1. The van der Waals surface area contributed by atoms with Gasteiger partial charge in [0.15, 0.2) is 0 Å². The smallest absolute Gasteiger partial charge is 0.331 e. The Labute approximate surface area is 129 Å². The molecule has 5 heteroatoms. The molecule has 0 unspecified atom stereocenters. The number of ether oxygens (including phenoxy) is 2. The summed E-state index contributed by atoms with van der Waals surface area (Å²) >= 11 is 0. The highest BCUT2D eigenvalue weighted by Gasteiger charge is 2.17. The molecular weight excluding hydrogens is 282 g/mol. The molecule has 0 aliphatic carbocycles. The molecule has 0 atom stereocenters. The first-order chi connectivity index (χ1) is 10.6. The number of benzene rings is 2. The van der Waals surface area contributed by atoms with Crippen LogP contribution in [0.5, 0.6) is 11.5 Å². The molecule has 2 aromatic rings. The van der Waals surface area contributed by atoms with Crippen LogP contribution in [0.25, 0.3) is 0 Å². The van der Waals surface area contributed by atoms with E-state index in [2.05, 4.69) is 0 Å². The van der Waals surface area contributed by atoms with Crippen molar-refractivity contribution in [1.29, 1.82) is 0 Å². The molecule has 0 radical (unpaired) electrons. The van der Waals surface area contributed by atoms with Crippen molar-refractivity contribution >= 4 is 17.6 Å². The Kier molecular flexibility index (Phi) is 5.14. The third kappa shape index (κ3) is 4.09. The number of carbonyl (C=O) groups excluding carboxylic acids is 2. The van der Waals surface area contributed by atoms with Crippen molar-refractivity contribution in [3.63, 3.8) is 0 Å². The van der Waals surface area contributed by atoms with Gasteiger partial charge in [-0.25, -0.2) is 4.79 Å². The fourth-order valence-corrected chi connectivity index (χ4v) is 1.93. The summed E-state index contributed by atoms with van der Waals surface area (Å²) in [6, 6.07) is 15.7. The Morgan fingerprint density at radius 2 is 1.55 bits per heavy atom. The first-order valence-electron chi connectivity index (χ1n) is 6.78. The highest BCUT2D eigenvalue weighted by Crippen LogP contribution is 2.18. The molecule has 22 heavy (non-hydrogen) atoms. The van der Waals surface area contributed by atoms with E-state index < -0.39 is 5.97 Å². The summed E-state index contributed by atoms with van der Waals surface area (Å²) in [4.78, 5) is 25.1. The van der Waals surface area contributed by atoms with Crippen LogP contribution in [0.4, 0.5) is 5.69 Å². The van der Waals surface area contributed by atoms with Crippen LogP contribution in [0.1, 0.15) is 6.92 Å². The molecule has 0 aromatic heterocycles. The van der Waals surface area contributed by atoms with Crippen molar-refractivity contribution in [2.24, 2.45) is 0 Å². The lowest BCUT2D eigenvalue weighted by atomic mass is 10.3. The summed E-state index contributed by atoms with van der Waals surface area (Å²) in [5.41, 5.74) is 0.654. The number of rotatable bonds is 5. The van der Waals surface area contributed by atoms with E-state index in [1.807, 2.05) is 6.07 Å². The number of hydrogen-bond donors (Lipinski definition) is 0. The van der Waals surface area contributed by atoms with Crippen molar-refractivity contribution in [3.05, 3.63) is 54.6 Å². The van der Waals surface area contributed by atoms with Crippen molar-refractivity contribution in [2.45, 2.75) is 6.92 Å². The molecule has 5 nitrogen and oxygen atoms in total. The Morgan fingerprint density at radius 3 is 2.09 bits per heavy atom. The van der Waals surface area contributed by atoms with E-state index >= 15 is 0 Å². The predicted molar refractivity (Wildman–Crippen MR) is 83.1 cm³/mol. The van der Waals surface area contributed by atoms with Crippen molar-refractivity contribution in [1.82, 2.24) is 0 Å². The van der Waals surface area contributed by atoms with Crippen LogP contribution in [0, 0.1) is 0 Å². The fourth-order valence-electron chi connectivity index (χ4n) is 1.93. The van der Waals surface area contributed by atoms with Gasteiger partial charge in [-0.2, -0.15) is 0 Å². The van der Waals surface area contributed by atoms with Gasteiger partial charge in [-0.05, 0) is 36.4 Å². The van der Waals surface area contributed by atoms with Gasteiger partial charge in [0, 0.05) is 12.6 Å². The average molecular weight is 299 g/mol. The third-order valence-electron chi connectivity index (χ3n) is 3.03. The minimum absolute atomic E-state index is 0.147. The molecule has 0 spiro atoms. The molecule has 2 aromatic carbocycles. The van der Waals surface area contributed by atoms with Gasteiger partial charge in [-0.1, -0.05) is 18.2 Å². The Balaban J connectivity index is 2.03. The summed E-state index contributed by atoms with van der Waals surface area (Å²) < 4.78 is 10.3. The lowest BCUT2D eigenvalue weighted by molar-refractivity contribution is -0.134. The second kappa shape index (κ2) is 7.26. The second-order valence-corrected chi connectivity index (χ2v) is 4.59. The van der Waals surface area contributed by atoms with Gasteiger partial charge < -0.3 is 14.4 Å². The van der Waals surface area contributed by atoms with Crippen LogP contribution in [-0.2, 0) is 9.59 Å². The number of para-hydroxylation sites is 1. The summed E-state index contributed by atoms with van der Waals surface area (Å²) in [7, 11) is 1.56. The van der Waals surface area contributed by atoms with Crippen molar-refractivity contribution in [3.8, 4) is 11.5 Å². The zero-order valence-corrected chi connectivity index (χ0v) is 12.5. The molecule has 0 saturated carbocycles. The summed E-state index contributed by atoms with van der Waals surface area (Å²) in [5, 5.41) is 0. The number of methoxy groups -OCH3 is 1. The number of hydrogen-bond acceptors (Lipinski definition) is 4.